The van der Waals surface area contributed by atoms with E-state index in [9.17, 15) is 4.79 Å². The Kier molecular flexibility index (Phi) is 5.34. The molecule has 0 unspecified atom stereocenters. The zero-order valence-corrected chi connectivity index (χ0v) is 9.90. The second-order valence-electron chi connectivity index (χ2n) is 3.71. The molecular formula is C14H18O2. The molecule has 1 aromatic carbocycles. The molecule has 0 aromatic heterocycles. The topological polar surface area (TPSA) is 26.3 Å². The van der Waals surface area contributed by atoms with Gasteiger partial charge in [-0.25, -0.2) is 0 Å². The summed E-state index contributed by atoms with van der Waals surface area (Å²) >= 11 is 0. The first-order chi connectivity index (χ1) is 7.74. The Morgan fingerprint density at radius 1 is 1.31 bits per heavy atom. The number of ether oxygens (including phenoxy) is 1. The standard InChI is InChI=1S/C14H18O2/c1-3-4-10-16-11-9-13-5-7-14(8-6-13)12(2)15/h5-9,11H,3-4,10H2,1-2H3/b11-9-. The van der Waals surface area contributed by atoms with Crippen LogP contribution in [0.25, 0.3) is 6.08 Å². The third-order valence-corrected chi connectivity index (χ3v) is 2.29. The molecule has 0 bridgehead atoms. The Morgan fingerprint density at radius 2 is 2.00 bits per heavy atom. The van der Waals surface area contributed by atoms with Gasteiger partial charge in [-0.1, -0.05) is 37.6 Å². The van der Waals surface area contributed by atoms with Crippen LogP contribution in [-0.2, 0) is 4.74 Å². The van der Waals surface area contributed by atoms with E-state index in [-0.39, 0.29) is 5.78 Å². The van der Waals surface area contributed by atoms with Crippen molar-refractivity contribution in [3.63, 3.8) is 0 Å². The minimum Gasteiger partial charge on any atom is -0.501 e. The number of unbranched alkanes of at least 4 members (excludes halogenated alkanes) is 1. The number of ketones is 1. The number of carbonyl (C=O) groups excluding carboxylic acids is 1. The van der Waals surface area contributed by atoms with Gasteiger partial charge in [0.15, 0.2) is 5.78 Å². The van der Waals surface area contributed by atoms with Gasteiger partial charge in [0.25, 0.3) is 0 Å². The summed E-state index contributed by atoms with van der Waals surface area (Å²) in [5, 5.41) is 0. The Labute approximate surface area is 96.9 Å². The second-order valence-corrected chi connectivity index (χ2v) is 3.71. The second kappa shape index (κ2) is 6.83. The smallest absolute Gasteiger partial charge is 0.159 e. The predicted molar refractivity (Wildman–Crippen MR) is 66.3 cm³/mol. The molecule has 0 aliphatic heterocycles. The SMILES string of the molecule is CCCCO/C=C\c1ccc(C(C)=O)cc1. The van der Waals surface area contributed by atoms with Crippen LogP contribution in [0.5, 0.6) is 0 Å². The van der Waals surface area contributed by atoms with Crippen molar-refractivity contribution >= 4 is 11.9 Å². The van der Waals surface area contributed by atoms with E-state index in [1.165, 1.54) is 0 Å². The van der Waals surface area contributed by atoms with E-state index in [2.05, 4.69) is 6.92 Å². The zero-order valence-electron chi connectivity index (χ0n) is 9.90. The van der Waals surface area contributed by atoms with Crippen LogP contribution in [-0.4, -0.2) is 12.4 Å². The largest absolute Gasteiger partial charge is 0.501 e. The molecule has 0 amide bonds. The minimum atomic E-state index is 0.0923. The molecule has 1 rings (SSSR count). The summed E-state index contributed by atoms with van der Waals surface area (Å²) in [5.74, 6) is 0.0923. The lowest BCUT2D eigenvalue weighted by Gasteiger charge is -1.99. The molecular weight excluding hydrogens is 200 g/mol. The minimum absolute atomic E-state index is 0.0923. The molecule has 2 heteroatoms. The summed E-state index contributed by atoms with van der Waals surface area (Å²) in [7, 11) is 0. The van der Waals surface area contributed by atoms with E-state index in [1.807, 2.05) is 30.3 Å². The molecule has 2 nitrogen and oxygen atoms in total. The molecule has 0 atom stereocenters. The van der Waals surface area contributed by atoms with Gasteiger partial charge in [0.1, 0.15) is 0 Å². The fourth-order valence-electron chi connectivity index (χ4n) is 1.25. The van der Waals surface area contributed by atoms with Gasteiger partial charge >= 0.3 is 0 Å². The van der Waals surface area contributed by atoms with Crippen molar-refractivity contribution in [1.29, 1.82) is 0 Å². The summed E-state index contributed by atoms with van der Waals surface area (Å²) in [5.41, 5.74) is 1.78. The highest BCUT2D eigenvalue weighted by Gasteiger charge is 1.96. The number of hydrogen-bond acceptors (Lipinski definition) is 2. The third kappa shape index (κ3) is 4.30. The van der Waals surface area contributed by atoms with E-state index in [4.69, 9.17) is 4.74 Å². The van der Waals surface area contributed by atoms with E-state index >= 15 is 0 Å². The highest BCUT2D eigenvalue weighted by Crippen LogP contribution is 2.07. The third-order valence-electron chi connectivity index (χ3n) is 2.29. The Bertz CT molecular complexity index is 350. The summed E-state index contributed by atoms with van der Waals surface area (Å²) in [4.78, 5) is 11.0. The molecule has 0 fully saturated rings. The molecule has 0 radical (unpaired) electrons. The molecule has 16 heavy (non-hydrogen) atoms. The molecule has 0 aliphatic carbocycles. The van der Waals surface area contributed by atoms with Gasteiger partial charge in [-0.15, -0.1) is 0 Å². The number of carbonyl (C=O) groups is 1. The maximum absolute atomic E-state index is 11.0. The molecule has 1 aromatic rings. The summed E-state index contributed by atoms with van der Waals surface area (Å²) < 4.78 is 5.31. The van der Waals surface area contributed by atoms with Crippen molar-refractivity contribution in [2.75, 3.05) is 6.61 Å². The summed E-state index contributed by atoms with van der Waals surface area (Å²) in [6, 6.07) is 7.48. The maximum Gasteiger partial charge on any atom is 0.159 e. The van der Waals surface area contributed by atoms with Gasteiger partial charge in [0.2, 0.25) is 0 Å². The monoisotopic (exact) mass is 218 g/mol. The first-order valence-electron chi connectivity index (χ1n) is 5.63. The highest BCUT2D eigenvalue weighted by molar-refractivity contribution is 5.94. The maximum atomic E-state index is 11.0. The van der Waals surface area contributed by atoms with Gasteiger partial charge in [0.05, 0.1) is 12.9 Å². The van der Waals surface area contributed by atoms with Gasteiger partial charge in [-0.2, -0.15) is 0 Å². The molecule has 0 heterocycles. The summed E-state index contributed by atoms with van der Waals surface area (Å²) in [6.45, 7) is 4.46. The molecule has 86 valence electrons. The van der Waals surface area contributed by atoms with Crippen LogP contribution in [0.1, 0.15) is 42.6 Å². The van der Waals surface area contributed by atoms with Crippen molar-refractivity contribution in [2.24, 2.45) is 0 Å². The number of benzene rings is 1. The fourth-order valence-corrected chi connectivity index (χ4v) is 1.25. The van der Waals surface area contributed by atoms with E-state index in [0.29, 0.717) is 0 Å². The highest BCUT2D eigenvalue weighted by atomic mass is 16.5. The van der Waals surface area contributed by atoms with Crippen LogP contribution in [0.3, 0.4) is 0 Å². The average molecular weight is 218 g/mol. The lowest BCUT2D eigenvalue weighted by molar-refractivity contribution is 0.101. The predicted octanol–water partition coefficient (Wildman–Crippen LogP) is 3.68. The van der Waals surface area contributed by atoms with Crippen LogP contribution in [0.15, 0.2) is 30.5 Å². The van der Waals surface area contributed by atoms with Crippen LogP contribution >= 0.6 is 0 Å². The van der Waals surface area contributed by atoms with E-state index in [1.54, 1.807) is 13.2 Å². The quantitative estimate of drug-likeness (QED) is 0.413. The lowest BCUT2D eigenvalue weighted by atomic mass is 10.1. The van der Waals surface area contributed by atoms with Crippen LogP contribution < -0.4 is 0 Å². The van der Waals surface area contributed by atoms with Crippen molar-refractivity contribution in [2.45, 2.75) is 26.7 Å². The van der Waals surface area contributed by atoms with Crippen LogP contribution in [0.2, 0.25) is 0 Å². The number of rotatable bonds is 6. The van der Waals surface area contributed by atoms with Gasteiger partial charge in [-0.05, 0) is 25.0 Å². The van der Waals surface area contributed by atoms with Crippen molar-refractivity contribution in [3.8, 4) is 0 Å². The first kappa shape index (κ1) is 12.5. The lowest BCUT2D eigenvalue weighted by Crippen LogP contribution is -1.90. The average Bonchev–Trinajstić information content (AvgIpc) is 2.29. The molecule has 0 aliphatic rings. The van der Waals surface area contributed by atoms with Crippen LogP contribution in [0.4, 0.5) is 0 Å². The Morgan fingerprint density at radius 3 is 2.56 bits per heavy atom. The summed E-state index contributed by atoms with van der Waals surface area (Å²) in [6.07, 6.45) is 5.83. The first-order valence-corrected chi connectivity index (χ1v) is 5.63. The molecule has 0 spiro atoms. The number of Topliss-reactive ketones (excluding diaryl/α,β-unsaturated/α-hetero) is 1. The van der Waals surface area contributed by atoms with E-state index < -0.39 is 0 Å². The molecule has 0 saturated heterocycles. The van der Waals surface area contributed by atoms with E-state index in [0.717, 1.165) is 30.6 Å². The van der Waals surface area contributed by atoms with Gasteiger partial charge < -0.3 is 4.74 Å². The normalized spacial score (nSPS) is 10.6. The van der Waals surface area contributed by atoms with Crippen molar-refractivity contribution in [1.82, 2.24) is 0 Å². The fraction of sp³-hybridized carbons (Fsp3) is 0.357. The van der Waals surface area contributed by atoms with Crippen molar-refractivity contribution in [3.05, 3.63) is 41.7 Å². The molecule has 0 saturated carbocycles. The van der Waals surface area contributed by atoms with Crippen molar-refractivity contribution < 1.29 is 9.53 Å². The van der Waals surface area contributed by atoms with Gasteiger partial charge in [-0.3, -0.25) is 4.79 Å². The molecule has 0 N–H and O–H groups in total. The number of hydrogen-bond donors (Lipinski definition) is 0. The van der Waals surface area contributed by atoms with Gasteiger partial charge in [0, 0.05) is 5.56 Å². The van der Waals surface area contributed by atoms with Crippen LogP contribution in [0, 0.1) is 0 Å². The Balaban J connectivity index is 2.45. The zero-order chi connectivity index (χ0) is 11.8. The Hall–Kier alpha value is -1.57.